The summed E-state index contributed by atoms with van der Waals surface area (Å²) in [5.74, 6) is -0.0982. The normalized spacial score (nSPS) is 10.3. The van der Waals surface area contributed by atoms with Gasteiger partial charge in [-0.15, -0.1) is 0 Å². The predicted octanol–water partition coefficient (Wildman–Crippen LogP) is 1.46. The van der Waals surface area contributed by atoms with Gasteiger partial charge in [-0.25, -0.2) is 0 Å². The summed E-state index contributed by atoms with van der Waals surface area (Å²) in [7, 11) is 0. The van der Waals surface area contributed by atoms with Gasteiger partial charge < -0.3 is 5.32 Å². The van der Waals surface area contributed by atoms with Gasteiger partial charge >= 0.3 is 0 Å². The van der Waals surface area contributed by atoms with Crippen molar-refractivity contribution in [2.45, 2.75) is 13.0 Å². The molecule has 110 valence electrons. The lowest BCUT2D eigenvalue weighted by Gasteiger charge is -2.07. The van der Waals surface area contributed by atoms with E-state index in [9.17, 15) is 4.79 Å². The van der Waals surface area contributed by atoms with E-state index < -0.39 is 0 Å². The molecule has 0 saturated carbocycles. The first-order valence-electron chi connectivity index (χ1n) is 6.90. The summed E-state index contributed by atoms with van der Waals surface area (Å²) in [6, 6.07) is 15.5. The summed E-state index contributed by atoms with van der Waals surface area (Å²) < 4.78 is 0. The van der Waals surface area contributed by atoms with Crippen molar-refractivity contribution < 1.29 is 9.63 Å². The van der Waals surface area contributed by atoms with Crippen LogP contribution >= 0.6 is 0 Å². The molecule has 0 saturated heterocycles. The van der Waals surface area contributed by atoms with Gasteiger partial charge in [0.2, 0.25) is 5.91 Å². The van der Waals surface area contributed by atoms with Gasteiger partial charge in [0.05, 0.1) is 13.2 Å². The third-order valence-electron chi connectivity index (χ3n) is 2.85. The zero-order valence-corrected chi connectivity index (χ0v) is 11.8. The number of pyridine rings is 1. The maximum atomic E-state index is 11.6. The van der Waals surface area contributed by atoms with E-state index in [2.05, 4.69) is 15.8 Å². The number of rotatable bonds is 8. The van der Waals surface area contributed by atoms with Crippen LogP contribution in [0.15, 0.2) is 54.7 Å². The molecule has 0 fully saturated rings. The lowest BCUT2D eigenvalue weighted by Crippen LogP contribution is -2.35. The number of hydrogen-bond acceptors (Lipinski definition) is 4. The number of nitrogens with zero attached hydrogens (tertiary/aromatic N) is 1. The van der Waals surface area contributed by atoms with Crippen LogP contribution in [0.2, 0.25) is 0 Å². The van der Waals surface area contributed by atoms with Gasteiger partial charge in [0.15, 0.2) is 0 Å². The van der Waals surface area contributed by atoms with Crippen LogP contribution in [0.4, 0.5) is 0 Å². The van der Waals surface area contributed by atoms with E-state index in [-0.39, 0.29) is 12.5 Å². The van der Waals surface area contributed by atoms with Crippen LogP contribution in [0.3, 0.4) is 0 Å². The molecule has 0 spiro atoms. The number of benzene rings is 1. The van der Waals surface area contributed by atoms with Crippen molar-refractivity contribution in [3.8, 4) is 0 Å². The summed E-state index contributed by atoms with van der Waals surface area (Å²) >= 11 is 0. The van der Waals surface area contributed by atoms with E-state index >= 15 is 0 Å². The Morgan fingerprint density at radius 1 is 1.10 bits per heavy atom. The molecule has 1 amide bonds. The second kappa shape index (κ2) is 8.84. The maximum Gasteiger partial charge on any atom is 0.236 e. The molecule has 0 radical (unpaired) electrons. The summed E-state index contributed by atoms with van der Waals surface area (Å²) in [6.45, 7) is 1.13. The lowest BCUT2D eigenvalue weighted by molar-refractivity contribution is -0.123. The molecule has 0 atom stereocenters. The fourth-order valence-corrected chi connectivity index (χ4v) is 1.76. The summed E-state index contributed by atoms with van der Waals surface area (Å²) in [6.07, 6.45) is 2.47. The van der Waals surface area contributed by atoms with E-state index in [0.29, 0.717) is 13.2 Å². The summed E-state index contributed by atoms with van der Waals surface area (Å²) in [5, 5.41) is 2.81. The Bertz CT molecular complexity index is 532. The van der Waals surface area contributed by atoms with Crippen molar-refractivity contribution in [1.82, 2.24) is 15.8 Å². The number of hydroxylamine groups is 1. The van der Waals surface area contributed by atoms with Crippen molar-refractivity contribution >= 4 is 5.91 Å². The molecule has 0 unspecified atom stereocenters. The molecular weight excluding hydrogens is 266 g/mol. The van der Waals surface area contributed by atoms with Crippen molar-refractivity contribution in [3.05, 3.63) is 66.0 Å². The molecule has 2 rings (SSSR count). The molecule has 2 N–H and O–H groups in total. The van der Waals surface area contributed by atoms with Crippen LogP contribution in [0.5, 0.6) is 0 Å². The molecule has 1 aromatic carbocycles. The van der Waals surface area contributed by atoms with E-state index in [0.717, 1.165) is 17.7 Å². The summed E-state index contributed by atoms with van der Waals surface area (Å²) in [5.41, 5.74) is 4.67. The Morgan fingerprint density at radius 3 is 2.67 bits per heavy atom. The number of hydrogen-bond donors (Lipinski definition) is 2. The predicted molar refractivity (Wildman–Crippen MR) is 80.2 cm³/mol. The van der Waals surface area contributed by atoms with Crippen molar-refractivity contribution in [2.24, 2.45) is 0 Å². The second-order valence-corrected chi connectivity index (χ2v) is 4.52. The Balaban J connectivity index is 1.54. The Kier molecular flexibility index (Phi) is 6.38. The SMILES string of the molecule is O=C(CNOCc1ccccc1)NCCc1ccccn1. The van der Waals surface area contributed by atoms with Gasteiger partial charge in [-0.1, -0.05) is 36.4 Å². The highest BCUT2D eigenvalue weighted by Gasteiger charge is 2.01. The van der Waals surface area contributed by atoms with Crippen molar-refractivity contribution in [2.75, 3.05) is 13.1 Å². The first kappa shape index (κ1) is 15.2. The van der Waals surface area contributed by atoms with Gasteiger partial charge in [-0.2, -0.15) is 5.48 Å². The Labute approximate surface area is 124 Å². The largest absolute Gasteiger partial charge is 0.355 e. The van der Waals surface area contributed by atoms with E-state index in [1.165, 1.54) is 0 Å². The van der Waals surface area contributed by atoms with Gasteiger partial charge in [-0.05, 0) is 17.7 Å². The molecule has 0 bridgehead atoms. The molecule has 1 aromatic heterocycles. The molecule has 1 heterocycles. The van der Waals surface area contributed by atoms with Gasteiger partial charge in [0.1, 0.15) is 0 Å². The molecule has 21 heavy (non-hydrogen) atoms. The average Bonchev–Trinajstić information content (AvgIpc) is 2.54. The molecule has 5 nitrogen and oxygen atoms in total. The lowest BCUT2D eigenvalue weighted by atomic mass is 10.2. The Hall–Kier alpha value is -2.24. The van der Waals surface area contributed by atoms with Crippen LogP contribution in [-0.4, -0.2) is 24.0 Å². The fraction of sp³-hybridized carbons (Fsp3) is 0.250. The highest BCUT2D eigenvalue weighted by molar-refractivity contribution is 5.77. The first-order valence-corrected chi connectivity index (χ1v) is 6.90. The number of carbonyl (C=O) groups is 1. The minimum absolute atomic E-state index is 0.0982. The number of aromatic nitrogens is 1. The van der Waals surface area contributed by atoms with Gasteiger partial charge in [-0.3, -0.25) is 14.6 Å². The molecule has 5 heteroatoms. The number of amides is 1. The molecule has 0 aliphatic carbocycles. The number of carbonyl (C=O) groups excluding carboxylic acids is 1. The monoisotopic (exact) mass is 285 g/mol. The fourth-order valence-electron chi connectivity index (χ4n) is 1.76. The second-order valence-electron chi connectivity index (χ2n) is 4.52. The third kappa shape index (κ3) is 6.16. The van der Waals surface area contributed by atoms with E-state index in [1.807, 2.05) is 48.5 Å². The van der Waals surface area contributed by atoms with E-state index in [1.54, 1.807) is 6.20 Å². The zero-order chi connectivity index (χ0) is 14.8. The highest BCUT2D eigenvalue weighted by atomic mass is 16.6. The van der Waals surface area contributed by atoms with Crippen LogP contribution in [-0.2, 0) is 22.7 Å². The van der Waals surface area contributed by atoms with Crippen LogP contribution in [0.1, 0.15) is 11.3 Å². The zero-order valence-electron chi connectivity index (χ0n) is 11.8. The maximum absolute atomic E-state index is 11.6. The highest BCUT2D eigenvalue weighted by Crippen LogP contribution is 1.98. The quantitative estimate of drug-likeness (QED) is 0.569. The van der Waals surface area contributed by atoms with Crippen molar-refractivity contribution in [1.29, 1.82) is 0 Å². The topological polar surface area (TPSA) is 63.2 Å². The average molecular weight is 285 g/mol. The molecular formula is C16H19N3O2. The van der Waals surface area contributed by atoms with Crippen LogP contribution in [0.25, 0.3) is 0 Å². The standard InChI is InChI=1S/C16H19N3O2/c20-16(18-11-9-15-8-4-5-10-17-15)12-19-21-13-14-6-2-1-3-7-14/h1-8,10,19H,9,11-13H2,(H,18,20). The molecule has 0 aliphatic heterocycles. The van der Waals surface area contributed by atoms with Crippen LogP contribution < -0.4 is 10.8 Å². The van der Waals surface area contributed by atoms with E-state index in [4.69, 9.17) is 4.84 Å². The number of nitrogens with one attached hydrogen (secondary N) is 2. The molecule has 0 aliphatic rings. The van der Waals surface area contributed by atoms with Crippen LogP contribution in [0, 0.1) is 0 Å². The molecule has 2 aromatic rings. The van der Waals surface area contributed by atoms with Gasteiger partial charge in [0.25, 0.3) is 0 Å². The van der Waals surface area contributed by atoms with Crippen molar-refractivity contribution in [3.63, 3.8) is 0 Å². The first-order chi connectivity index (χ1) is 10.3. The Morgan fingerprint density at radius 2 is 1.90 bits per heavy atom. The summed E-state index contributed by atoms with van der Waals surface area (Å²) in [4.78, 5) is 21.0. The third-order valence-corrected chi connectivity index (χ3v) is 2.85. The smallest absolute Gasteiger partial charge is 0.236 e. The van der Waals surface area contributed by atoms with Gasteiger partial charge in [0, 0.05) is 24.9 Å². The minimum atomic E-state index is -0.0982. The minimum Gasteiger partial charge on any atom is -0.355 e.